The molecule has 5 atom stereocenters. The molecular weight excluding hydrogens is 470 g/mol. The molecule has 2 spiro atoms. The number of rotatable bonds is 12. The average Bonchev–Trinajstić information content (AvgIpc) is 3.45. The lowest BCUT2D eigenvalue weighted by Crippen LogP contribution is -2.59. The van der Waals surface area contributed by atoms with Gasteiger partial charge in [0.15, 0.2) is 24.0 Å². The first-order chi connectivity index (χ1) is 18.1. The van der Waals surface area contributed by atoms with E-state index in [2.05, 4.69) is 12.2 Å². The largest absolute Gasteiger partial charge is 0.354 e. The summed E-state index contributed by atoms with van der Waals surface area (Å²) in [7, 11) is 0. The van der Waals surface area contributed by atoms with Crippen LogP contribution in [0.5, 0.6) is 0 Å². The first-order valence-electron chi connectivity index (χ1n) is 15.8. The van der Waals surface area contributed by atoms with E-state index in [9.17, 15) is 4.79 Å². The van der Waals surface area contributed by atoms with Gasteiger partial charge in [-0.05, 0) is 32.1 Å². The molecule has 7 nitrogen and oxygen atoms in total. The van der Waals surface area contributed by atoms with Crippen molar-refractivity contribution in [1.82, 2.24) is 5.32 Å². The molecule has 212 valence electrons. The average molecular weight is 522 g/mol. The third kappa shape index (κ3) is 6.71. The Hall–Kier alpha value is -0.730. The van der Waals surface area contributed by atoms with Crippen LogP contribution in [0.25, 0.3) is 0 Å². The number of fused-ring (bicyclic) bond motifs is 3. The van der Waals surface area contributed by atoms with Crippen molar-refractivity contribution in [1.29, 1.82) is 0 Å². The highest BCUT2D eigenvalue weighted by Gasteiger charge is 2.65. The van der Waals surface area contributed by atoms with Gasteiger partial charge in [-0.2, -0.15) is 0 Å². The monoisotopic (exact) mass is 521 g/mol. The van der Waals surface area contributed by atoms with Crippen molar-refractivity contribution in [2.75, 3.05) is 6.54 Å². The number of unbranched alkanes of at least 4 members (excludes halogenated alkanes) is 9. The second kappa shape index (κ2) is 13.1. The van der Waals surface area contributed by atoms with E-state index in [1.54, 1.807) is 0 Å². The van der Waals surface area contributed by atoms with E-state index in [-0.39, 0.29) is 18.1 Å². The number of carbonyl (C=O) groups is 1. The molecule has 0 aromatic rings. The van der Waals surface area contributed by atoms with Gasteiger partial charge in [0.05, 0.1) is 0 Å². The van der Waals surface area contributed by atoms with Crippen LogP contribution < -0.4 is 5.32 Å². The van der Waals surface area contributed by atoms with Crippen LogP contribution >= 0.6 is 0 Å². The van der Waals surface area contributed by atoms with Crippen molar-refractivity contribution in [2.24, 2.45) is 0 Å². The maximum atomic E-state index is 13.4. The zero-order chi connectivity index (χ0) is 25.6. The number of nitrogens with one attached hydrogen (secondary N) is 1. The smallest absolute Gasteiger partial charge is 0.252 e. The molecule has 3 aliphatic heterocycles. The van der Waals surface area contributed by atoms with Crippen molar-refractivity contribution in [3.63, 3.8) is 0 Å². The lowest BCUT2D eigenvalue weighted by atomic mass is 9.94. The van der Waals surface area contributed by atoms with Gasteiger partial charge < -0.3 is 29.0 Å². The summed E-state index contributed by atoms with van der Waals surface area (Å²) in [5, 5.41) is 3.14. The van der Waals surface area contributed by atoms with E-state index in [0.717, 1.165) is 64.2 Å². The number of amides is 1. The van der Waals surface area contributed by atoms with Gasteiger partial charge in [-0.1, -0.05) is 77.6 Å². The third-order valence-corrected chi connectivity index (χ3v) is 9.20. The lowest BCUT2D eigenvalue weighted by Gasteiger charge is -2.36. The minimum absolute atomic E-state index is 0.103. The minimum Gasteiger partial charge on any atom is -0.354 e. The van der Waals surface area contributed by atoms with Crippen LogP contribution in [0.3, 0.4) is 0 Å². The molecule has 1 N–H and O–H groups in total. The third-order valence-electron chi connectivity index (χ3n) is 9.20. The zero-order valence-corrected chi connectivity index (χ0v) is 23.2. The SMILES string of the molecule is CCCCCCCCCCCCNC(=O)C1OC2OC3(CCCCC3)OC2C2OC3(CCCCC3)OC12. The van der Waals surface area contributed by atoms with E-state index < -0.39 is 30.1 Å². The Kier molecular flexibility index (Phi) is 9.84. The summed E-state index contributed by atoms with van der Waals surface area (Å²) in [6.45, 7) is 2.94. The molecule has 0 bridgehead atoms. The van der Waals surface area contributed by atoms with Gasteiger partial charge in [-0.25, -0.2) is 0 Å². The Balaban J connectivity index is 1.11. The molecular formula is C30H51NO6. The maximum Gasteiger partial charge on any atom is 0.252 e. The molecule has 5 unspecified atom stereocenters. The van der Waals surface area contributed by atoms with Gasteiger partial charge in [-0.15, -0.1) is 0 Å². The molecule has 5 fully saturated rings. The summed E-state index contributed by atoms with van der Waals surface area (Å²) in [6, 6.07) is 0. The zero-order valence-electron chi connectivity index (χ0n) is 23.2. The van der Waals surface area contributed by atoms with Crippen molar-refractivity contribution in [3.8, 4) is 0 Å². The highest BCUT2D eigenvalue weighted by atomic mass is 16.9. The summed E-state index contributed by atoms with van der Waals surface area (Å²) < 4.78 is 32.5. The van der Waals surface area contributed by atoms with E-state index >= 15 is 0 Å². The van der Waals surface area contributed by atoms with E-state index in [4.69, 9.17) is 23.7 Å². The Morgan fingerprint density at radius 3 is 1.78 bits per heavy atom. The normalized spacial score (nSPS) is 33.9. The summed E-state index contributed by atoms with van der Waals surface area (Å²) in [6.07, 6.45) is 20.7. The molecule has 0 aromatic carbocycles. The molecule has 3 heterocycles. The Morgan fingerprint density at radius 2 is 1.16 bits per heavy atom. The topological polar surface area (TPSA) is 75.3 Å². The molecule has 37 heavy (non-hydrogen) atoms. The summed E-state index contributed by atoms with van der Waals surface area (Å²) in [5.74, 6) is -1.30. The summed E-state index contributed by atoms with van der Waals surface area (Å²) >= 11 is 0. The Labute approximate surface area is 224 Å². The molecule has 5 aliphatic rings. The maximum absolute atomic E-state index is 13.4. The quantitative estimate of drug-likeness (QED) is 0.305. The highest BCUT2D eigenvalue weighted by Crippen LogP contribution is 2.50. The second-order valence-corrected chi connectivity index (χ2v) is 12.2. The van der Waals surface area contributed by atoms with Crippen LogP contribution in [0.4, 0.5) is 0 Å². The standard InChI is InChI=1S/C30H51NO6/c1-2-3-4-5-6-7-8-9-10-17-22-31-27(32)25-23-24(35-29(34-23)18-13-11-14-19-29)26-28(33-25)37-30(36-26)20-15-12-16-21-30/h23-26,28H,2-22H2,1H3,(H,31,32). The molecule has 0 radical (unpaired) electrons. The molecule has 5 rings (SSSR count). The predicted octanol–water partition coefficient (Wildman–Crippen LogP) is 6.27. The van der Waals surface area contributed by atoms with Crippen molar-refractivity contribution in [2.45, 2.75) is 178 Å². The number of ether oxygens (including phenoxy) is 5. The minimum atomic E-state index is -0.724. The van der Waals surface area contributed by atoms with Crippen LogP contribution in [0.2, 0.25) is 0 Å². The fourth-order valence-corrected chi connectivity index (χ4v) is 7.09. The van der Waals surface area contributed by atoms with Gasteiger partial charge in [0.25, 0.3) is 5.91 Å². The van der Waals surface area contributed by atoms with Gasteiger partial charge in [-0.3, -0.25) is 4.79 Å². The predicted molar refractivity (Wildman–Crippen MR) is 141 cm³/mol. The van der Waals surface area contributed by atoms with Gasteiger partial charge in [0.2, 0.25) is 0 Å². The molecule has 3 saturated heterocycles. The van der Waals surface area contributed by atoms with Gasteiger partial charge in [0, 0.05) is 32.2 Å². The fourth-order valence-electron chi connectivity index (χ4n) is 7.09. The fraction of sp³-hybridized carbons (Fsp3) is 0.967. The molecule has 7 heteroatoms. The van der Waals surface area contributed by atoms with Crippen LogP contribution in [0.1, 0.15) is 135 Å². The van der Waals surface area contributed by atoms with Crippen LogP contribution in [0.15, 0.2) is 0 Å². The van der Waals surface area contributed by atoms with Crippen molar-refractivity contribution in [3.05, 3.63) is 0 Å². The number of hydrogen-bond donors (Lipinski definition) is 1. The van der Waals surface area contributed by atoms with Gasteiger partial charge >= 0.3 is 0 Å². The van der Waals surface area contributed by atoms with Crippen LogP contribution in [-0.2, 0) is 28.5 Å². The first-order valence-corrected chi connectivity index (χ1v) is 15.8. The lowest BCUT2D eigenvalue weighted by molar-refractivity contribution is -0.247. The van der Waals surface area contributed by atoms with Crippen LogP contribution in [0, 0.1) is 0 Å². The first kappa shape index (κ1) is 27.8. The molecule has 2 saturated carbocycles. The summed E-state index contributed by atoms with van der Waals surface area (Å²) in [5.41, 5.74) is 0. The highest BCUT2D eigenvalue weighted by molar-refractivity contribution is 5.81. The van der Waals surface area contributed by atoms with E-state index in [1.165, 1.54) is 64.2 Å². The van der Waals surface area contributed by atoms with E-state index in [1.807, 2.05) is 0 Å². The molecule has 0 aromatic heterocycles. The Bertz CT molecular complexity index is 719. The van der Waals surface area contributed by atoms with Crippen LogP contribution in [-0.4, -0.2) is 54.7 Å². The second-order valence-electron chi connectivity index (χ2n) is 12.2. The molecule has 2 aliphatic carbocycles. The number of hydrogen-bond acceptors (Lipinski definition) is 6. The molecule has 1 amide bonds. The Morgan fingerprint density at radius 1 is 0.649 bits per heavy atom. The van der Waals surface area contributed by atoms with E-state index in [0.29, 0.717) is 6.54 Å². The van der Waals surface area contributed by atoms with Crippen molar-refractivity contribution >= 4 is 5.91 Å². The van der Waals surface area contributed by atoms with Gasteiger partial charge in [0.1, 0.15) is 18.3 Å². The van der Waals surface area contributed by atoms with Crippen molar-refractivity contribution < 1.29 is 28.5 Å². The summed E-state index contributed by atoms with van der Waals surface area (Å²) in [4.78, 5) is 13.4. The number of carbonyl (C=O) groups excluding carboxylic acids is 1.